The average molecular weight is 157 g/mol. The molecule has 0 spiro atoms. The molecule has 0 bridgehead atoms. The van der Waals surface area contributed by atoms with Crippen LogP contribution in [0.1, 0.15) is 12.8 Å². The third kappa shape index (κ3) is 2.31. The van der Waals surface area contributed by atoms with Gasteiger partial charge < -0.3 is 5.11 Å². The van der Waals surface area contributed by atoms with Gasteiger partial charge in [0.05, 0.1) is 6.54 Å². The lowest BCUT2D eigenvalue weighted by Crippen LogP contribution is -2.31. The Balaban J connectivity index is 2.29. The van der Waals surface area contributed by atoms with Crippen molar-refractivity contribution in [2.24, 2.45) is 0 Å². The summed E-state index contributed by atoms with van der Waals surface area (Å²) in [5, 5.41) is 8.27. The lowest BCUT2D eigenvalue weighted by atomic mass is 10.4. The van der Waals surface area contributed by atoms with Gasteiger partial charge in [0.1, 0.15) is 0 Å². The van der Waals surface area contributed by atoms with Crippen molar-refractivity contribution in [2.75, 3.05) is 19.6 Å². The smallest absolute Gasteiger partial charge is 0.373 e. The maximum Gasteiger partial charge on any atom is 0.373 e. The molecule has 1 aliphatic rings. The number of carboxylic acids is 1. The van der Waals surface area contributed by atoms with Crippen LogP contribution in [0.3, 0.4) is 0 Å². The van der Waals surface area contributed by atoms with E-state index in [1.54, 1.807) is 0 Å². The monoisotopic (exact) mass is 157 g/mol. The standard InChI is InChI=1S/C7H11NO3/c9-6(7(10)11)5-8-3-1-2-4-8/h1-5H2,(H,10,11). The van der Waals surface area contributed by atoms with Crippen molar-refractivity contribution in [2.45, 2.75) is 12.8 Å². The molecule has 0 amide bonds. The van der Waals surface area contributed by atoms with E-state index in [1.165, 1.54) is 0 Å². The Hall–Kier alpha value is -0.900. The minimum Gasteiger partial charge on any atom is -0.475 e. The van der Waals surface area contributed by atoms with Crippen LogP contribution in [0, 0.1) is 0 Å². The summed E-state index contributed by atoms with van der Waals surface area (Å²) in [5.74, 6) is -2.02. The molecule has 0 aromatic carbocycles. The molecule has 1 heterocycles. The summed E-state index contributed by atoms with van der Waals surface area (Å²) in [7, 11) is 0. The van der Waals surface area contributed by atoms with Crippen LogP contribution in [-0.4, -0.2) is 41.4 Å². The summed E-state index contributed by atoms with van der Waals surface area (Å²) in [6, 6.07) is 0. The fraction of sp³-hybridized carbons (Fsp3) is 0.714. The van der Waals surface area contributed by atoms with Crippen LogP contribution in [0.4, 0.5) is 0 Å². The van der Waals surface area contributed by atoms with Crippen LogP contribution in [-0.2, 0) is 9.59 Å². The number of aliphatic carboxylic acids is 1. The van der Waals surface area contributed by atoms with Crippen LogP contribution >= 0.6 is 0 Å². The molecule has 4 heteroatoms. The lowest BCUT2D eigenvalue weighted by molar-refractivity contribution is -0.149. The van der Waals surface area contributed by atoms with Crippen molar-refractivity contribution in [3.05, 3.63) is 0 Å². The summed E-state index contributed by atoms with van der Waals surface area (Å²) in [4.78, 5) is 22.6. The maximum absolute atomic E-state index is 10.7. The SMILES string of the molecule is O=C(O)C(=O)CN1CCCC1. The van der Waals surface area contributed by atoms with Crippen LogP contribution < -0.4 is 0 Å². The number of likely N-dealkylation sites (tertiary alicyclic amines) is 1. The molecule has 0 saturated carbocycles. The van der Waals surface area contributed by atoms with Crippen molar-refractivity contribution < 1.29 is 14.7 Å². The average Bonchev–Trinajstić information content (AvgIpc) is 2.39. The molecule has 1 fully saturated rings. The molecule has 1 rings (SSSR count). The molecule has 0 aromatic heterocycles. The molecule has 11 heavy (non-hydrogen) atoms. The predicted molar refractivity (Wildman–Crippen MR) is 38.3 cm³/mol. The zero-order valence-electron chi connectivity index (χ0n) is 6.25. The Morgan fingerprint density at radius 2 is 1.82 bits per heavy atom. The first-order chi connectivity index (χ1) is 5.20. The molecule has 0 aromatic rings. The van der Waals surface area contributed by atoms with Gasteiger partial charge in [0.2, 0.25) is 0 Å². The number of hydrogen-bond acceptors (Lipinski definition) is 3. The lowest BCUT2D eigenvalue weighted by Gasteiger charge is -2.10. The first-order valence-electron chi connectivity index (χ1n) is 3.68. The van der Waals surface area contributed by atoms with Gasteiger partial charge >= 0.3 is 5.97 Å². The highest BCUT2D eigenvalue weighted by molar-refractivity contribution is 6.33. The number of rotatable bonds is 3. The Bertz CT molecular complexity index is 173. The summed E-state index contributed by atoms with van der Waals surface area (Å²) in [6.45, 7) is 1.80. The second-order valence-corrected chi connectivity index (χ2v) is 2.71. The third-order valence-electron chi connectivity index (χ3n) is 1.80. The van der Waals surface area contributed by atoms with Crippen LogP contribution in [0.5, 0.6) is 0 Å². The van der Waals surface area contributed by atoms with Gasteiger partial charge in [0.15, 0.2) is 0 Å². The predicted octanol–water partition coefficient (Wildman–Crippen LogP) is -0.264. The quantitative estimate of drug-likeness (QED) is 0.573. The van der Waals surface area contributed by atoms with E-state index in [-0.39, 0.29) is 6.54 Å². The molecule has 0 unspecified atom stereocenters. The summed E-state index contributed by atoms with van der Waals surface area (Å²) >= 11 is 0. The van der Waals surface area contributed by atoms with Gasteiger partial charge in [0, 0.05) is 0 Å². The molecule has 62 valence electrons. The molecule has 4 nitrogen and oxygen atoms in total. The van der Waals surface area contributed by atoms with Gasteiger partial charge in [-0.1, -0.05) is 0 Å². The Labute approximate surface area is 64.8 Å². The highest BCUT2D eigenvalue weighted by Gasteiger charge is 2.18. The molecular formula is C7H11NO3. The maximum atomic E-state index is 10.7. The van der Waals surface area contributed by atoms with E-state index in [1.807, 2.05) is 4.90 Å². The number of hydrogen-bond donors (Lipinski definition) is 1. The molecule has 1 aliphatic heterocycles. The zero-order chi connectivity index (χ0) is 8.27. The van der Waals surface area contributed by atoms with Crippen LogP contribution in [0.15, 0.2) is 0 Å². The normalized spacial score (nSPS) is 18.5. The fourth-order valence-electron chi connectivity index (χ4n) is 1.21. The summed E-state index contributed by atoms with van der Waals surface area (Å²) in [5.41, 5.74) is 0. The molecule has 1 N–H and O–H groups in total. The highest BCUT2D eigenvalue weighted by atomic mass is 16.4. The topological polar surface area (TPSA) is 57.6 Å². The van der Waals surface area contributed by atoms with Gasteiger partial charge in [0.25, 0.3) is 5.78 Å². The number of nitrogens with zero attached hydrogens (tertiary/aromatic N) is 1. The number of carbonyl (C=O) groups is 2. The van der Waals surface area contributed by atoms with Gasteiger partial charge in [-0.25, -0.2) is 4.79 Å². The first-order valence-corrected chi connectivity index (χ1v) is 3.68. The minimum absolute atomic E-state index is 0.0787. The van der Waals surface area contributed by atoms with Crippen molar-refractivity contribution in [3.8, 4) is 0 Å². The van der Waals surface area contributed by atoms with E-state index >= 15 is 0 Å². The van der Waals surface area contributed by atoms with Gasteiger partial charge in [-0.05, 0) is 25.9 Å². The fourth-order valence-corrected chi connectivity index (χ4v) is 1.21. The summed E-state index contributed by atoms with van der Waals surface area (Å²) in [6.07, 6.45) is 2.15. The van der Waals surface area contributed by atoms with Gasteiger partial charge in [-0.3, -0.25) is 9.69 Å². The van der Waals surface area contributed by atoms with E-state index in [4.69, 9.17) is 5.11 Å². The minimum atomic E-state index is -1.32. The van der Waals surface area contributed by atoms with Crippen molar-refractivity contribution in [1.29, 1.82) is 0 Å². The largest absolute Gasteiger partial charge is 0.475 e. The zero-order valence-corrected chi connectivity index (χ0v) is 6.25. The van der Waals surface area contributed by atoms with E-state index in [9.17, 15) is 9.59 Å². The van der Waals surface area contributed by atoms with Crippen LogP contribution in [0.25, 0.3) is 0 Å². The second-order valence-electron chi connectivity index (χ2n) is 2.71. The van der Waals surface area contributed by atoms with Crippen LogP contribution in [0.2, 0.25) is 0 Å². The van der Waals surface area contributed by atoms with Gasteiger partial charge in [-0.15, -0.1) is 0 Å². The van der Waals surface area contributed by atoms with E-state index in [0.717, 1.165) is 25.9 Å². The number of carboxylic acid groups (broad SMARTS) is 1. The van der Waals surface area contributed by atoms with E-state index in [0.29, 0.717) is 0 Å². The third-order valence-corrected chi connectivity index (χ3v) is 1.80. The molecule has 0 aliphatic carbocycles. The second kappa shape index (κ2) is 3.48. The van der Waals surface area contributed by atoms with Crippen molar-refractivity contribution >= 4 is 11.8 Å². The van der Waals surface area contributed by atoms with E-state index in [2.05, 4.69) is 0 Å². The number of Topliss-reactive ketones (excluding diaryl/α,β-unsaturated/α-hetero) is 1. The van der Waals surface area contributed by atoms with Crippen molar-refractivity contribution in [3.63, 3.8) is 0 Å². The number of carbonyl (C=O) groups excluding carboxylic acids is 1. The Morgan fingerprint density at radius 1 is 1.27 bits per heavy atom. The Morgan fingerprint density at radius 3 is 2.27 bits per heavy atom. The molecule has 0 atom stereocenters. The molecule has 1 saturated heterocycles. The van der Waals surface area contributed by atoms with Crippen molar-refractivity contribution in [1.82, 2.24) is 4.90 Å². The first kappa shape index (κ1) is 8.20. The van der Waals surface area contributed by atoms with Gasteiger partial charge in [-0.2, -0.15) is 0 Å². The highest BCUT2D eigenvalue weighted by Crippen LogP contribution is 2.05. The van der Waals surface area contributed by atoms with E-state index < -0.39 is 11.8 Å². The Kier molecular flexibility index (Phi) is 2.59. The molecular weight excluding hydrogens is 146 g/mol. The summed E-state index contributed by atoms with van der Waals surface area (Å²) < 4.78 is 0. The number of ketones is 1. The molecule has 0 radical (unpaired) electrons.